The standard InChI is InChI=1S/C13H15N3O2/c1-4-5-16(8-12(17)18)13-11(7-14)9(2)6-10(3)15-13/h4,6H,1,5,8H2,2-3H3,(H,17,18). The number of pyridine rings is 1. The number of nitriles is 1. The van der Waals surface area contributed by atoms with Crippen LogP contribution in [0.5, 0.6) is 0 Å². The molecule has 1 aromatic rings. The van der Waals surface area contributed by atoms with Crippen LogP contribution in [-0.2, 0) is 4.79 Å². The Labute approximate surface area is 106 Å². The Balaban J connectivity index is 3.30. The number of aryl methyl sites for hydroxylation is 2. The minimum absolute atomic E-state index is 0.212. The van der Waals surface area contributed by atoms with Crippen LogP contribution in [0.1, 0.15) is 16.8 Å². The van der Waals surface area contributed by atoms with Crippen molar-refractivity contribution in [2.45, 2.75) is 13.8 Å². The molecule has 0 saturated carbocycles. The molecule has 5 heteroatoms. The first kappa shape index (κ1) is 13.7. The molecule has 94 valence electrons. The zero-order valence-corrected chi connectivity index (χ0v) is 10.5. The van der Waals surface area contributed by atoms with Crippen molar-refractivity contribution in [1.82, 2.24) is 4.98 Å². The Kier molecular flexibility index (Phi) is 4.44. The summed E-state index contributed by atoms with van der Waals surface area (Å²) in [5, 5.41) is 18.0. The van der Waals surface area contributed by atoms with Crippen molar-refractivity contribution in [2.75, 3.05) is 18.0 Å². The molecule has 1 heterocycles. The first-order chi connectivity index (χ1) is 8.49. The Morgan fingerprint density at radius 1 is 1.67 bits per heavy atom. The lowest BCUT2D eigenvalue weighted by atomic mass is 10.1. The van der Waals surface area contributed by atoms with Gasteiger partial charge in [-0.15, -0.1) is 6.58 Å². The molecule has 18 heavy (non-hydrogen) atoms. The Bertz CT molecular complexity index is 518. The molecule has 0 bridgehead atoms. The van der Waals surface area contributed by atoms with Crippen LogP contribution in [-0.4, -0.2) is 29.1 Å². The van der Waals surface area contributed by atoms with Gasteiger partial charge in [-0.3, -0.25) is 4.79 Å². The first-order valence-corrected chi connectivity index (χ1v) is 5.45. The predicted molar refractivity (Wildman–Crippen MR) is 68.5 cm³/mol. The molecule has 1 aromatic heterocycles. The molecule has 1 N–H and O–H groups in total. The lowest BCUT2D eigenvalue weighted by Crippen LogP contribution is -2.31. The van der Waals surface area contributed by atoms with Crippen LogP contribution < -0.4 is 4.90 Å². The van der Waals surface area contributed by atoms with Gasteiger partial charge in [0.2, 0.25) is 0 Å². The first-order valence-electron chi connectivity index (χ1n) is 5.45. The van der Waals surface area contributed by atoms with E-state index in [1.165, 1.54) is 4.90 Å². The maximum Gasteiger partial charge on any atom is 0.323 e. The second kappa shape index (κ2) is 5.82. The Morgan fingerprint density at radius 2 is 2.33 bits per heavy atom. The number of hydrogen-bond acceptors (Lipinski definition) is 4. The number of aliphatic carboxylic acids is 1. The third-order valence-electron chi connectivity index (χ3n) is 2.41. The fourth-order valence-electron chi connectivity index (χ4n) is 1.73. The van der Waals surface area contributed by atoms with Gasteiger partial charge >= 0.3 is 5.97 Å². The molecule has 0 radical (unpaired) electrons. The van der Waals surface area contributed by atoms with Crippen LogP contribution in [0.15, 0.2) is 18.7 Å². The maximum atomic E-state index is 10.8. The molecular formula is C13H15N3O2. The molecule has 0 aliphatic heterocycles. The van der Waals surface area contributed by atoms with Crippen molar-refractivity contribution in [3.63, 3.8) is 0 Å². The van der Waals surface area contributed by atoms with Gasteiger partial charge < -0.3 is 10.0 Å². The van der Waals surface area contributed by atoms with Gasteiger partial charge in [0.15, 0.2) is 0 Å². The van der Waals surface area contributed by atoms with E-state index < -0.39 is 5.97 Å². The van der Waals surface area contributed by atoms with Crippen molar-refractivity contribution in [1.29, 1.82) is 5.26 Å². The summed E-state index contributed by atoms with van der Waals surface area (Å²) in [6.07, 6.45) is 1.59. The highest BCUT2D eigenvalue weighted by Gasteiger charge is 2.17. The van der Waals surface area contributed by atoms with Crippen LogP contribution in [0.3, 0.4) is 0 Å². The second-order valence-corrected chi connectivity index (χ2v) is 3.95. The smallest absolute Gasteiger partial charge is 0.323 e. The Morgan fingerprint density at radius 3 is 2.83 bits per heavy atom. The summed E-state index contributed by atoms with van der Waals surface area (Å²) in [4.78, 5) is 16.6. The number of anilines is 1. The number of carboxylic acids is 1. The van der Waals surface area contributed by atoms with E-state index in [4.69, 9.17) is 10.4 Å². The molecule has 5 nitrogen and oxygen atoms in total. The normalized spacial score (nSPS) is 9.61. The third-order valence-corrected chi connectivity index (χ3v) is 2.41. The average molecular weight is 245 g/mol. The van der Waals surface area contributed by atoms with Crippen molar-refractivity contribution >= 4 is 11.8 Å². The predicted octanol–water partition coefficient (Wildman–Crippen LogP) is 1.65. The molecule has 0 fully saturated rings. The maximum absolute atomic E-state index is 10.8. The van der Waals surface area contributed by atoms with Gasteiger partial charge in [-0.25, -0.2) is 4.98 Å². The molecule has 0 aliphatic carbocycles. The number of aromatic nitrogens is 1. The van der Waals surface area contributed by atoms with E-state index in [1.54, 1.807) is 12.1 Å². The molecule has 1 rings (SSSR count). The molecule has 0 aromatic carbocycles. The lowest BCUT2D eigenvalue weighted by molar-refractivity contribution is -0.135. The van der Waals surface area contributed by atoms with E-state index in [0.717, 1.165) is 11.3 Å². The van der Waals surface area contributed by atoms with E-state index >= 15 is 0 Å². The highest BCUT2D eigenvalue weighted by Crippen LogP contribution is 2.21. The molecule has 0 unspecified atom stereocenters. The summed E-state index contributed by atoms with van der Waals surface area (Å²) >= 11 is 0. The van der Waals surface area contributed by atoms with E-state index in [1.807, 2.05) is 13.8 Å². The van der Waals surface area contributed by atoms with Gasteiger partial charge in [-0.05, 0) is 25.5 Å². The minimum atomic E-state index is -0.971. The number of carboxylic acid groups (broad SMARTS) is 1. The topological polar surface area (TPSA) is 77.2 Å². The average Bonchev–Trinajstić information content (AvgIpc) is 2.27. The Hall–Kier alpha value is -2.35. The van der Waals surface area contributed by atoms with E-state index in [0.29, 0.717) is 17.9 Å². The van der Waals surface area contributed by atoms with Gasteiger partial charge in [0.1, 0.15) is 18.4 Å². The highest BCUT2D eigenvalue weighted by molar-refractivity contribution is 5.74. The van der Waals surface area contributed by atoms with Gasteiger partial charge in [0.05, 0.1) is 5.56 Å². The van der Waals surface area contributed by atoms with Gasteiger partial charge in [-0.1, -0.05) is 6.08 Å². The zero-order chi connectivity index (χ0) is 13.7. The molecular weight excluding hydrogens is 230 g/mol. The van der Waals surface area contributed by atoms with E-state index in [-0.39, 0.29) is 6.54 Å². The van der Waals surface area contributed by atoms with Crippen molar-refractivity contribution in [3.8, 4) is 6.07 Å². The number of hydrogen-bond donors (Lipinski definition) is 1. The molecule has 0 atom stereocenters. The SMILES string of the molecule is C=CCN(CC(=O)O)c1nc(C)cc(C)c1C#N. The third kappa shape index (κ3) is 3.08. The van der Waals surface area contributed by atoms with Crippen LogP contribution in [0.4, 0.5) is 5.82 Å². The summed E-state index contributed by atoms with van der Waals surface area (Å²) < 4.78 is 0. The molecule has 0 amide bonds. The zero-order valence-electron chi connectivity index (χ0n) is 10.5. The number of rotatable bonds is 5. The van der Waals surface area contributed by atoms with Crippen molar-refractivity contribution < 1.29 is 9.90 Å². The van der Waals surface area contributed by atoms with Crippen molar-refractivity contribution in [3.05, 3.63) is 35.5 Å². The molecule has 0 aliphatic rings. The number of carbonyl (C=O) groups is 1. The van der Waals surface area contributed by atoms with Crippen LogP contribution in [0, 0.1) is 25.2 Å². The summed E-state index contributed by atoms with van der Waals surface area (Å²) in [7, 11) is 0. The monoisotopic (exact) mass is 245 g/mol. The van der Waals surface area contributed by atoms with E-state index in [2.05, 4.69) is 17.6 Å². The van der Waals surface area contributed by atoms with Crippen molar-refractivity contribution in [2.24, 2.45) is 0 Å². The summed E-state index contributed by atoms with van der Waals surface area (Å²) in [5.41, 5.74) is 1.95. The quantitative estimate of drug-likeness (QED) is 0.798. The largest absolute Gasteiger partial charge is 0.480 e. The van der Waals surface area contributed by atoms with Crippen LogP contribution in [0.25, 0.3) is 0 Å². The fourth-order valence-corrected chi connectivity index (χ4v) is 1.73. The summed E-state index contributed by atoms with van der Waals surface area (Å²) in [6.45, 7) is 7.33. The van der Waals surface area contributed by atoms with Gasteiger partial charge in [-0.2, -0.15) is 5.26 Å². The van der Waals surface area contributed by atoms with Crippen LogP contribution in [0.2, 0.25) is 0 Å². The van der Waals surface area contributed by atoms with Gasteiger partial charge in [0.25, 0.3) is 0 Å². The highest BCUT2D eigenvalue weighted by atomic mass is 16.4. The van der Waals surface area contributed by atoms with Crippen LogP contribution >= 0.6 is 0 Å². The molecule has 0 saturated heterocycles. The van der Waals surface area contributed by atoms with E-state index in [9.17, 15) is 4.79 Å². The minimum Gasteiger partial charge on any atom is -0.480 e. The summed E-state index contributed by atoms with van der Waals surface area (Å²) in [6, 6.07) is 3.87. The van der Waals surface area contributed by atoms with Gasteiger partial charge in [0, 0.05) is 12.2 Å². The lowest BCUT2D eigenvalue weighted by Gasteiger charge is -2.22. The second-order valence-electron chi connectivity index (χ2n) is 3.95. The molecule has 0 spiro atoms. The fraction of sp³-hybridized carbons (Fsp3) is 0.308. The number of nitrogens with zero attached hydrogens (tertiary/aromatic N) is 3. The summed E-state index contributed by atoms with van der Waals surface area (Å²) in [5.74, 6) is -0.570.